The number of rotatable bonds is 7. The first-order valence-corrected chi connectivity index (χ1v) is 17.7. The van der Waals surface area contributed by atoms with Gasteiger partial charge in [0.15, 0.2) is 0 Å². The third-order valence-electron chi connectivity index (χ3n) is 9.69. The van der Waals surface area contributed by atoms with Crippen molar-refractivity contribution in [2.75, 3.05) is 38.3 Å². The smallest absolute Gasteiger partial charge is 0.339 e. The van der Waals surface area contributed by atoms with Gasteiger partial charge >= 0.3 is 5.66 Å². The van der Waals surface area contributed by atoms with Crippen LogP contribution in [0.1, 0.15) is 53.9 Å². The van der Waals surface area contributed by atoms with Gasteiger partial charge in [-0.3, -0.25) is 19.2 Å². The number of nitrogens with one attached hydrogen (secondary N) is 1. The molecule has 0 aliphatic carbocycles. The van der Waals surface area contributed by atoms with Gasteiger partial charge in [-0.25, -0.2) is 0 Å². The standard InChI is InChI=1S/C33H37F2N4O7PS/c1-19(40)38-13-12-24-9-10-26(31(43)37(3)23-7-4-21(5-8-23)32(2)17-46-18-32)39(24)30(42)25(16-38)36-29(41)28-15-20-14-22(6-11-27(20)48-28)33(34,35)47(44)45/h4-8,11,14-15,24-26,44-45H,9-10,12-13,16-18H2,1-3H3,(H,36,41)/t24-,25+,26+/m1/s1. The summed E-state index contributed by atoms with van der Waals surface area (Å²) in [6.07, 6.45) is 1.48. The maximum absolute atomic E-state index is 14.3. The van der Waals surface area contributed by atoms with E-state index in [4.69, 9.17) is 4.74 Å². The van der Waals surface area contributed by atoms with E-state index >= 15 is 0 Å². The monoisotopic (exact) mass is 702 g/mol. The molecule has 11 nitrogen and oxygen atoms in total. The number of benzene rings is 2. The van der Waals surface area contributed by atoms with Gasteiger partial charge in [0.1, 0.15) is 12.1 Å². The molecule has 3 aliphatic heterocycles. The molecule has 15 heteroatoms. The minimum atomic E-state index is -3.85. The molecule has 3 saturated heterocycles. The van der Waals surface area contributed by atoms with Gasteiger partial charge in [-0.1, -0.05) is 25.1 Å². The van der Waals surface area contributed by atoms with Crippen molar-refractivity contribution in [2.45, 2.75) is 62.3 Å². The molecule has 4 heterocycles. The van der Waals surface area contributed by atoms with Gasteiger partial charge < -0.3 is 34.5 Å². The zero-order valence-corrected chi connectivity index (χ0v) is 28.4. The number of hydrogen-bond acceptors (Lipinski definition) is 8. The molecule has 4 amide bonds. The number of fused-ring (bicyclic) bond motifs is 2. The summed E-state index contributed by atoms with van der Waals surface area (Å²) in [5, 5.41) is 3.05. The highest BCUT2D eigenvalue weighted by atomic mass is 32.1. The predicted octanol–water partition coefficient (Wildman–Crippen LogP) is 3.91. The number of alkyl halides is 2. The fourth-order valence-corrected chi connectivity index (χ4v) is 8.03. The second-order valence-electron chi connectivity index (χ2n) is 13.0. The lowest BCUT2D eigenvalue weighted by atomic mass is 9.81. The molecule has 0 bridgehead atoms. The van der Waals surface area contributed by atoms with Crippen molar-refractivity contribution in [2.24, 2.45) is 0 Å². The number of ether oxygens (including phenoxy) is 1. The highest BCUT2D eigenvalue weighted by Gasteiger charge is 2.46. The van der Waals surface area contributed by atoms with Crippen molar-refractivity contribution in [3.05, 3.63) is 64.5 Å². The summed E-state index contributed by atoms with van der Waals surface area (Å²) >= 11 is 1.02. The largest absolute Gasteiger partial charge is 0.379 e. The summed E-state index contributed by atoms with van der Waals surface area (Å²) in [4.78, 5) is 77.3. The number of likely N-dealkylation sites (N-methyl/N-ethyl adjacent to an activating group) is 1. The summed E-state index contributed by atoms with van der Waals surface area (Å²) in [5.41, 5.74) is -2.70. The van der Waals surface area contributed by atoms with Crippen molar-refractivity contribution in [1.82, 2.24) is 15.1 Å². The fourth-order valence-electron chi connectivity index (χ4n) is 6.71. The Morgan fingerprint density at radius 2 is 1.79 bits per heavy atom. The van der Waals surface area contributed by atoms with E-state index < -0.39 is 43.5 Å². The quantitative estimate of drug-likeness (QED) is 0.318. The van der Waals surface area contributed by atoms with Crippen molar-refractivity contribution >= 4 is 59.1 Å². The van der Waals surface area contributed by atoms with Crippen molar-refractivity contribution in [1.29, 1.82) is 0 Å². The molecule has 3 atom stereocenters. The van der Waals surface area contributed by atoms with E-state index in [1.165, 1.54) is 24.0 Å². The Kier molecular flexibility index (Phi) is 9.33. The summed E-state index contributed by atoms with van der Waals surface area (Å²) in [7, 11) is -1.89. The number of amides is 4. The average Bonchev–Trinajstić information content (AvgIpc) is 3.67. The van der Waals surface area contributed by atoms with Gasteiger partial charge in [0.2, 0.25) is 26.1 Å². The summed E-state index contributed by atoms with van der Waals surface area (Å²) in [6, 6.07) is 10.4. The highest BCUT2D eigenvalue weighted by molar-refractivity contribution is 7.46. The number of nitrogens with zero attached hydrogens (tertiary/aromatic N) is 3. The normalized spacial score (nSPS) is 22.6. The van der Waals surface area contributed by atoms with Crippen LogP contribution in [0.25, 0.3) is 10.1 Å². The van der Waals surface area contributed by atoms with Crippen molar-refractivity contribution in [3.8, 4) is 0 Å². The average molecular weight is 703 g/mol. The second kappa shape index (κ2) is 13.1. The van der Waals surface area contributed by atoms with Gasteiger partial charge in [-0.15, -0.1) is 11.3 Å². The van der Waals surface area contributed by atoms with Crippen LogP contribution in [0.4, 0.5) is 14.5 Å². The van der Waals surface area contributed by atoms with Gasteiger partial charge in [0, 0.05) is 54.5 Å². The number of halogens is 2. The highest BCUT2D eigenvalue weighted by Crippen LogP contribution is 2.53. The molecule has 0 spiro atoms. The summed E-state index contributed by atoms with van der Waals surface area (Å²) in [5.74, 6) is -1.62. The second-order valence-corrected chi connectivity index (χ2v) is 15.2. The van der Waals surface area contributed by atoms with Crippen LogP contribution in [0.3, 0.4) is 0 Å². The van der Waals surface area contributed by atoms with Gasteiger partial charge in [0.25, 0.3) is 5.91 Å². The Bertz CT molecular complexity index is 1750. The Balaban J connectivity index is 1.23. The Morgan fingerprint density at radius 3 is 2.42 bits per heavy atom. The SMILES string of the molecule is CC(=O)N1CC[C@H]2CC[C@@H](C(=O)N(C)c3ccc(C4(C)COC4)cc3)N2C(=O)[C@@H](NC(=O)c2cc3cc(C(F)(F)P(O)O)ccc3s2)C1. The van der Waals surface area contributed by atoms with Gasteiger partial charge in [0.05, 0.1) is 18.1 Å². The van der Waals surface area contributed by atoms with Gasteiger partial charge in [-0.2, -0.15) is 8.78 Å². The first-order chi connectivity index (χ1) is 22.7. The molecular weight excluding hydrogens is 665 g/mol. The van der Waals surface area contributed by atoms with E-state index in [2.05, 4.69) is 12.2 Å². The van der Waals surface area contributed by atoms with E-state index in [0.717, 1.165) is 29.0 Å². The third kappa shape index (κ3) is 6.32. The van der Waals surface area contributed by atoms with Crippen LogP contribution in [-0.4, -0.2) is 94.7 Å². The van der Waals surface area contributed by atoms with Crippen LogP contribution in [0, 0.1) is 0 Å². The molecular formula is C33H37F2N4O7PS. The van der Waals surface area contributed by atoms with E-state index in [-0.39, 0.29) is 34.7 Å². The van der Waals surface area contributed by atoms with Gasteiger partial charge in [-0.05, 0) is 60.5 Å². The van der Waals surface area contributed by atoms with Crippen LogP contribution >= 0.6 is 19.7 Å². The molecule has 3 aromatic rings. The molecule has 3 fully saturated rings. The Labute approximate surface area is 281 Å². The number of carbonyl (C=O) groups is 4. The first kappa shape index (κ1) is 34.3. The van der Waals surface area contributed by atoms with Crippen LogP contribution in [0.15, 0.2) is 48.5 Å². The van der Waals surface area contributed by atoms with E-state index in [9.17, 15) is 37.7 Å². The molecule has 256 valence electrons. The molecule has 3 aliphatic rings. The lowest BCUT2D eigenvalue weighted by Crippen LogP contribution is -2.61. The molecule has 0 radical (unpaired) electrons. The van der Waals surface area contributed by atoms with Crippen LogP contribution in [0.2, 0.25) is 0 Å². The summed E-state index contributed by atoms with van der Waals surface area (Å²) < 4.78 is 34.4. The lowest BCUT2D eigenvalue weighted by molar-refractivity contribution is -0.144. The fraction of sp³-hybridized carbons (Fsp3) is 0.455. The first-order valence-electron chi connectivity index (χ1n) is 15.6. The molecule has 2 aromatic carbocycles. The number of hydrogen-bond donors (Lipinski definition) is 3. The zero-order chi connectivity index (χ0) is 34.5. The zero-order valence-electron chi connectivity index (χ0n) is 26.7. The molecule has 0 unspecified atom stereocenters. The maximum atomic E-state index is 14.3. The van der Waals surface area contributed by atoms with E-state index in [1.807, 2.05) is 24.3 Å². The van der Waals surface area contributed by atoms with E-state index in [0.29, 0.717) is 54.8 Å². The molecule has 0 saturated carbocycles. The third-order valence-corrected chi connectivity index (χ3v) is 11.6. The predicted molar refractivity (Wildman–Crippen MR) is 177 cm³/mol. The number of anilines is 1. The van der Waals surface area contributed by atoms with Crippen LogP contribution in [0.5, 0.6) is 0 Å². The topological polar surface area (TPSA) is 140 Å². The van der Waals surface area contributed by atoms with E-state index in [1.54, 1.807) is 16.8 Å². The Morgan fingerprint density at radius 1 is 1.08 bits per heavy atom. The molecule has 48 heavy (non-hydrogen) atoms. The summed E-state index contributed by atoms with van der Waals surface area (Å²) in [6.45, 7) is 5.04. The minimum Gasteiger partial charge on any atom is -0.379 e. The number of carbonyl (C=O) groups excluding carboxylic acids is 4. The Hall–Kier alpha value is -3.55. The molecule has 3 N–H and O–H groups in total. The number of thiophene rings is 1. The van der Waals surface area contributed by atoms with Crippen LogP contribution in [-0.2, 0) is 30.2 Å². The lowest BCUT2D eigenvalue weighted by Gasteiger charge is -2.39. The maximum Gasteiger partial charge on any atom is 0.339 e. The minimum absolute atomic E-state index is 0.0540. The van der Waals surface area contributed by atoms with Crippen molar-refractivity contribution in [3.63, 3.8) is 0 Å². The molecule has 6 rings (SSSR count). The molecule has 1 aromatic heterocycles. The van der Waals surface area contributed by atoms with Crippen LogP contribution < -0.4 is 10.2 Å². The van der Waals surface area contributed by atoms with Crippen molar-refractivity contribution < 1.29 is 42.5 Å².